The summed E-state index contributed by atoms with van der Waals surface area (Å²) in [5, 5.41) is 3.24. The van der Waals surface area contributed by atoms with Gasteiger partial charge in [0.25, 0.3) is 0 Å². The van der Waals surface area contributed by atoms with Crippen LogP contribution in [0.2, 0.25) is 5.02 Å². The first-order chi connectivity index (χ1) is 9.90. The van der Waals surface area contributed by atoms with Crippen molar-refractivity contribution in [2.24, 2.45) is 11.7 Å². The molecule has 21 heavy (non-hydrogen) atoms. The molecule has 1 atom stereocenters. The summed E-state index contributed by atoms with van der Waals surface area (Å²) in [6, 6.07) is 3.01. The van der Waals surface area contributed by atoms with Crippen molar-refractivity contribution in [1.82, 2.24) is 5.32 Å². The van der Waals surface area contributed by atoms with Crippen molar-refractivity contribution >= 4 is 17.5 Å². The Balaban J connectivity index is 2.81. The highest BCUT2D eigenvalue weighted by atomic mass is 35.5. The number of carbonyl (C=O) groups excluding carboxylic acids is 1. The van der Waals surface area contributed by atoms with E-state index in [1.807, 2.05) is 20.8 Å². The highest BCUT2D eigenvalue weighted by Gasteiger charge is 2.17. The van der Waals surface area contributed by atoms with Gasteiger partial charge in [-0.25, -0.2) is 0 Å². The Morgan fingerprint density at radius 3 is 2.62 bits per heavy atom. The molecular weight excluding hydrogens is 292 g/mol. The zero-order chi connectivity index (χ0) is 16.0. The second-order valence-electron chi connectivity index (χ2n) is 5.03. The smallest absolute Gasteiger partial charge is 0.237 e. The molecule has 3 N–H and O–H groups in total. The van der Waals surface area contributed by atoms with Gasteiger partial charge in [0.1, 0.15) is 0 Å². The Morgan fingerprint density at radius 1 is 1.43 bits per heavy atom. The van der Waals surface area contributed by atoms with Crippen LogP contribution in [0.25, 0.3) is 0 Å². The molecule has 0 heterocycles. The number of nitrogens with one attached hydrogen (secondary N) is 1. The van der Waals surface area contributed by atoms with Crippen LogP contribution >= 0.6 is 11.6 Å². The van der Waals surface area contributed by atoms with Crippen molar-refractivity contribution < 1.29 is 14.3 Å². The van der Waals surface area contributed by atoms with Crippen molar-refractivity contribution in [2.75, 3.05) is 13.7 Å². The second-order valence-corrected chi connectivity index (χ2v) is 5.44. The Morgan fingerprint density at radius 2 is 2.10 bits per heavy atom. The topological polar surface area (TPSA) is 73.6 Å². The zero-order valence-corrected chi connectivity index (χ0v) is 13.7. The van der Waals surface area contributed by atoms with Gasteiger partial charge in [0.2, 0.25) is 5.91 Å². The van der Waals surface area contributed by atoms with Crippen LogP contribution in [0.3, 0.4) is 0 Å². The maximum absolute atomic E-state index is 11.8. The summed E-state index contributed by atoms with van der Waals surface area (Å²) >= 11 is 6.18. The molecule has 0 aliphatic heterocycles. The highest BCUT2D eigenvalue weighted by Crippen LogP contribution is 2.36. The first kappa shape index (κ1) is 17.6. The molecule has 1 amide bonds. The van der Waals surface area contributed by atoms with E-state index in [1.165, 1.54) is 0 Å². The van der Waals surface area contributed by atoms with Gasteiger partial charge in [-0.2, -0.15) is 0 Å². The van der Waals surface area contributed by atoms with E-state index < -0.39 is 6.04 Å². The molecule has 1 aromatic rings. The van der Waals surface area contributed by atoms with Gasteiger partial charge in [-0.3, -0.25) is 4.79 Å². The lowest BCUT2D eigenvalue weighted by molar-refractivity contribution is -0.123. The number of amides is 1. The molecule has 0 bridgehead atoms. The van der Waals surface area contributed by atoms with Crippen LogP contribution in [-0.2, 0) is 11.3 Å². The van der Waals surface area contributed by atoms with E-state index >= 15 is 0 Å². The fraction of sp³-hybridized carbons (Fsp3) is 0.533. The minimum atomic E-state index is -0.523. The molecule has 0 aliphatic rings. The summed E-state index contributed by atoms with van der Waals surface area (Å²) in [6.45, 7) is 6.51. The van der Waals surface area contributed by atoms with E-state index in [-0.39, 0.29) is 11.8 Å². The average Bonchev–Trinajstić information content (AvgIpc) is 2.46. The summed E-state index contributed by atoms with van der Waals surface area (Å²) in [7, 11) is 1.55. The van der Waals surface area contributed by atoms with Crippen LogP contribution in [0, 0.1) is 5.92 Å². The maximum atomic E-state index is 11.8. The largest absolute Gasteiger partial charge is 0.493 e. The first-order valence-corrected chi connectivity index (χ1v) is 7.31. The minimum absolute atomic E-state index is 0.0865. The lowest BCUT2D eigenvalue weighted by Gasteiger charge is -2.16. The Hall–Kier alpha value is -1.46. The molecule has 1 aromatic carbocycles. The van der Waals surface area contributed by atoms with Crippen LogP contribution in [0.15, 0.2) is 12.1 Å². The van der Waals surface area contributed by atoms with Gasteiger partial charge in [0, 0.05) is 6.54 Å². The molecule has 0 saturated heterocycles. The predicted molar refractivity (Wildman–Crippen MR) is 83.8 cm³/mol. The molecule has 0 spiro atoms. The minimum Gasteiger partial charge on any atom is -0.493 e. The normalized spacial score (nSPS) is 12.1. The predicted octanol–water partition coefficient (Wildman–Crippen LogP) is 2.35. The van der Waals surface area contributed by atoms with E-state index in [9.17, 15) is 4.79 Å². The van der Waals surface area contributed by atoms with Crippen LogP contribution in [0.4, 0.5) is 0 Å². The number of halogens is 1. The number of benzene rings is 1. The molecule has 0 aromatic heterocycles. The van der Waals surface area contributed by atoms with E-state index in [4.69, 9.17) is 26.8 Å². The van der Waals surface area contributed by atoms with Gasteiger partial charge in [-0.15, -0.1) is 0 Å². The van der Waals surface area contributed by atoms with Crippen LogP contribution in [0.1, 0.15) is 26.3 Å². The van der Waals surface area contributed by atoms with Gasteiger partial charge in [0.15, 0.2) is 11.5 Å². The van der Waals surface area contributed by atoms with Gasteiger partial charge in [0.05, 0.1) is 24.8 Å². The summed E-state index contributed by atoms with van der Waals surface area (Å²) in [5.41, 5.74) is 6.61. The fourth-order valence-corrected chi connectivity index (χ4v) is 2.06. The van der Waals surface area contributed by atoms with Crippen molar-refractivity contribution in [3.8, 4) is 11.5 Å². The van der Waals surface area contributed by atoms with Gasteiger partial charge in [-0.05, 0) is 30.5 Å². The molecule has 0 saturated carbocycles. The number of hydrogen-bond donors (Lipinski definition) is 2. The Kier molecular flexibility index (Phi) is 6.78. The number of methoxy groups -OCH3 is 1. The van der Waals surface area contributed by atoms with Crippen LogP contribution in [-0.4, -0.2) is 25.7 Å². The summed E-state index contributed by atoms with van der Waals surface area (Å²) in [4.78, 5) is 11.8. The zero-order valence-electron chi connectivity index (χ0n) is 12.9. The summed E-state index contributed by atoms with van der Waals surface area (Å²) in [5.74, 6) is 0.954. The quantitative estimate of drug-likeness (QED) is 0.810. The molecule has 0 unspecified atom stereocenters. The van der Waals surface area contributed by atoms with Crippen LogP contribution < -0.4 is 20.5 Å². The number of rotatable bonds is 7. The number of nitrogens with two attached hydrogens (primary N) is 1. The maximum Gasteiger partial charge on any atom is 0.237 e. The second kappa shape index (κ2) is 8.10. The standard InChI is InChI=1S/C15H23ClN2O3/c1-5-21-14-11(16)6-10(7-12(14)20-4)8-18-15(19)13(17)9(2)3/h6-7,9,13H,5,8,17H2,1-4H3,(H,18,19)/t13-/m0/s1. The molecule has 0 fully saturated rings. The molecule has 118 valence electrons. The summed E-state index contributed by atoms with van der Waals surface area (Å²) in [6.07, 6.45) is 0. The lowest BCUT2D eigenvalue weighted by Crippen LogP contribution is -2.43. The molecule has 0 aliphatic carbocycles. The molecule has 6 heteroatoms. The number of hydrogen-bond acceptors (Lipinski definition) is 4. The van der Waals surface area contributed by atoms with E-state index in [0.717, 1.165) is 5.56 Å². The van der Waals surface area contributed by atoms with E-state index in [1.54, 1.807) is 19.2 Å². The molecule has 1 rings (SSSR count). The third-order valence-corrected chi connectivity index (χ3v) is 3.35. The summed E-state index contributed by atoms with van der Waals surface area (Å²) < 4.78 is 10.7. The van der Waals surface area contributed by atoms with Crippen molar-refractivity contribution in [3.63, 3.8) is 0 Å². The SMILES string of the molecule is CCOc1c(Cl)cc(CNC(=O)[C@@H](N)C(C)C)cc1OC. The Labute approximate surface area is 130 Å². The van der Waals surface area contributed by atoms with E-state index in [2.05, 4.69) is 5.32 Å². The number of carbonyl (C=O) groups is 1. The third-order valence-electron chi connectivity index (χ3n) is 3.07. The number of ether oxygens (including phenoxy) is 2. The van der Waals surface area contributed by atoms with Gasteiger partial charge in [-0.1, -0.05) is 25.4 Å². The average molecular weight is 315 g/mol. The Bertz CT molecular complexity index is 492. The first-order valence-electron chi connectivity index (χ1n) is 6.93. The van der Waals surface area contributed by atoms with Gasteiger partial charge >= 0.3 is 0 Å². The molecule has 5 nitrogen and oxygen atoms in total. The highest BCUT2D eigenvalue weighted by molar-refractivity contribution is 6.32. The molecular formula is C15H23ClN2O3. The molecule has 0 radical (unpaired) electrons. The van der Waals surface area contributed by atoms with Crippen molar-refractivity contribution in [2.45, 2.75) is 33.4 Å². The monoisotopic (exact) mass is 314 g/mol. The third kappa shape index (κ3) is 4.79. The van der Waals surface area contributed by atoms with E-state index in [0.29, 0.717) is 29.7 Å². The van der Waals surface area contributed by atoms with Crippen molar-refractivity contribution in [3.05, 3.63) is 22.7 Å². The van der Waals surface area contributed by atoms with Crippen molar-refractivity contribution in [1.29, 1.82) is 0 Å². The fourth-order valence-electron chi connectivity index (χ4n) is 1.77. The van der Waals surface area contributed by atoms with Crippen LogP contribution in [0.5, 0.6) is 11.5 Å². The van der Waals surface area contributed by atoms with Gasteiger partial charge < -0.3 is 20.5 Å². The lowest BCUT2D eigenvalue weighted by atomic mass is 10.0.